The molecular weight excluding hydrogens is 406 g/mol. The van der Waals surface area contributed by atoms with E-state index in [4.69, 9.17) is 11.6 Å². The van der Waals surface area contributed by atoms with Crippen LogP contribution in [-0.4, -0.2) is 25.9 Å². The molecule has 3 heterocycles. The van der Waals surface area contributed by atoms with Crippen molar-refractivity contribution < 1.29 is 13.2 Å². The number of halogens is 1. The van der Waals surface area contributed by atoms with E-state index in [0.717, 1.165) is 23.3 Å². The highest BCUT2D eigenvalue weighted by atomic mass is 35.5. The average Bonchev–Trinajstić information content (AvgIpc) is 3.28. The average molecular weight is 420 g/mol. The maximum atomic E-state index is 12.8. The highest BCUT2D eigenvalue weighted by molar-refractivity contribution is 7.94. The van der Waals surface area contributed by atoms with Gasteiger partial charge in [-0.15, -0.1) is 11.3 Å². The molecule has 1 aliphatic rings. The fourth-order valence-corrected chi connectivity index (χ4v) is 5.48. The van der Waals surface area contributed by atoms with E-state index < -0.39 is 10.0 Å². The Labute approximate surface area is 165 Å². The van der Waals surface area contributed by atoms with Gasteiger partial charge in [-0.25, -0.2) is 8.42 Å². The summed E-state index contributed by atoms with van der Waals surface area (Å²) >= 11 is 6.82. The molecule has 4 rings (SSSR count). The molecular formula is C18H14ClN3O3S2. The van der Waals surface area contributed by atoms with Crippen LogP contribution in [0, 0.1) is 0 Å². The first-order valence-electron chi connectivity index (χ1n) is 8.07. The van der Waals surface area contributed by atoms with Crippen LogP contribution in [-0.2, 0) is 16.4 Å². The molecule has 0 aliphatic carbocycles. The van der Waals surface area contributed by atoms with Crippen LogP contribution in [0.4, 0.5) is 11.4 Å². The SMILES string of the molecule is O=C(c1cccnc1)N1CCc2ccc(NS(=O)(=O)c3ccc(Cl)s3)cc21. The molecule has 0 radical (unpaired) electrons. The monoisotopic (exact) mass is 419 g/mol. The number of nitrogens with zero attached hydrogens (tertiary/aromatic N) is 2. The van der Waals surface area contributed by atoms with E-state index in [2.05, 4.69) is 9.71 Å². The minimum absolute atomic E-state index is 0.135. The maximum Gasteiger partial charge on any atom is 0.271 e. The number of hydrogen-bond donors (Lipinski definition) is 1. The summed E-state index contributed by atoms with van der Waals surface area (Å²) in [6.07, 6.45) is 3.85. The lowest BCUT2D eigenvalue weighted by atomic mass is 10.1. The number of thiophene rings is 1. The van der Waals surface area contributed by atoms with Crippen LogP contribution in [0.2, 0.25) is 4.34 Å². The number of benzene rings is 1. The van der Waals surface area contributed by atoms with Crippen LogP contribution in [0.3, 0.4) is 0 Å². The number of aromatic nitrogens is 1. The van der Waals surface area contributed by atoms with Gasteiger partial charge in [0.15, 0.2) is 0 Å². The number of anilines is 2. The molecule has 0 bridgehead atoms. The lowest BCUT2D eigenvalue weighted by Gasteiger charge is -2.18. The van der Waals surface area contributed by atoms with Crippen molar-refractivity contribution in [2.24, 2.45) is 0 Å². The second kappa shape index (κ2) is 6.95. The highest BCUT2D eigenvalue weighted by Gasteiger charge is 2.27. The van der Waals surface area contributed by atoms with Crippen molar-refractivity contribution >= 4 is 50.2 Å². The Hall–Kier alpha value is -2.42. The number of carbonyl (C=O) groups excluding carboxylic acids is 1. The summed E-state index contributed by atoms with van der Waals surface area (Å²) in [5.41, 5.74) is 2.58. The largest absolute Gasteiger partial charge is 0.308 e. The third-order valence-corrected chi connectivity index (χ3v) is 7.30. The molecule has 6 nitrogen and oxygen atoms in total. The van der Waals surface area contributed by atoms with Gasteiger partial charge >= 0.3 is 0 Å². The van der Waals surface area contributed by atoms with E-state index in [1.54, 1.807) is 35.4 Å². The van der Waals surface area contributed by atoms with Gasteiger partial charge in [0.25, 0.3) is 15.9 Å². The maximum absolute atomic E-state index is 12.8. The minimum atomic E-state index is -3.73. The van der Waals surface area contributed by atoms with Gasteiger partial charge in [-0.1, -0.05) is 17.7 Å². The third kappa shape index (κ3) is 3.55. The summed E-state index contributed by atoms with van der Waals surface area (Å²) in [5, 5.41) is 0. The summed E-state index contributed by atoms with van der Waals surface area (Å²) < 4.78 is 28.1. The zero-order valence-corrected chi connectivity index (χ0v) is 16.3. The quantitative estimate of drug-likeness (QED) is 0.697. The Balaban J connectivity index is 1.63. The topological polar surface area (TPSA) is 79.4 Å². The lowest BCUT2D eigenvalue weighted by Crippen LogP contribution is -2.29. The Morgan fingerprint density at radius 1 is 1.22 bits per heavy atom. The van der Waals surface area contributed by atoms with Crippen LogP contribution in [0.15, 0.2) is 59.1 Å². The molecule has 27 heavy (non-hydrogen) atoms. The van der Waals surface area contributed by atoms with E-state index in [9.17, 15) is 13.2 Å². The molecule has 138 valence electrons. The van der Waals surface area contributed by atoms with Crippen LogP contribution in [0.5, 0.6) is 0 Å². The number of pyridine rings is 1. The summed E-state index contributed by atoms with van der Waals surface area (Å²) in [6, 6.07) is 11.6. The molecule has 1 aliphatic heterocycles. The lowest BCUT2D eigenvalue weighted by molar-refractivity contribution is 0.0989. The van der Waals surface area contributed by atoms with Gasteiger partial charge in [0.05, 0.1) is 15.6 Å². The zero-order valence-electron chi connectivity index (χ0n) is 13.9. The number of hydrogen-bond acceptors (Lipinski definition) is 5. The molecule has 1 N–H and O–H groups in total. The second-order valence-corrected chi connectivity index (χ2v) is 9.58. The zero-order chi connectivity index (χ0) is 19.0. The predicted molar refractivity (Wildman–Crippen MR) is 106 cm³/mol. The third-order valence-electron chi connectivity index (χ3n) is 4.20. The molecule has 0 unspecified atom stereocenters. The number of sulfonamides is 1. The van der Waals surface area contributed by atoms with Gasteiger partial charge in [0.2, 0.25) is 0 Å². The molecule has 0 fully saturated rings. The fraction of sp³-hybridized carbons (Fsp3) is 0.111. The van der Waals surface area contributed by atoms with Gasteiger partial charge in [-0.2, -0.15) is 0 Å². The molecule has 0 saturated heterocycles. The molecule has 0 spiro atoms. The first-order chi connectivity index (χ1) is 12.9. The van der Waals surface area contributed by atoms with Gasteiger partial charge in [-0.05, 0) is 48.4 Å². The number of carbonyl (C=O) groups is 1. The summed E-state index contributed by atoms with van der Waals surface area (Å²) in [4.78, 5) is 18.4. The van der Waals surface area contributed by atoms with E-state index >= 15 is 0 Å². The predicted octanol–water partition coefficient (Wildman–Crippen LogP) is 3.80. The first-order valence-corrected chi connectivity index (χ1v) is 10.7. The van der Waals surface area contributed by atoms with Crippen LogP contribution >= 0.6 is 22.9 Å². The molecule has 9 heteroatoms. The van der Waals surface area contributed by atoms with Crippen molar-refractivity contribution in [2.75, 3.05) is 16.2 Å². The molecule has 1 aromatic carbocycles. The van der Waals surface area contributed by atoms with Crippen molar-refractivity contribution in [3.05, 3.63) is 70.3 Å². The molecule has 0 saturated carbocycles. The van der Waals surface area contributed by atoms with Crippen LogP contribution in [0.1, 0.15) is 15.9 Å². The van der Waals surface area contributed by atoms with E-state index in [0.29, 0.717) is 27.8 Å². The highest BCUT2D eigenvalue weighted by Crippen LogP contribution is 2.33. The van der Waals surface area contributed by atoms with Gasteiger partial charge in [-0.3, -0.25) is 14.5 Å². The second-order valence-electron chi connectivity index (χ2n) is 5.96. The van der Waals surface area contributed by atoms with Crippen molar-refractivity contribution in [1.82, 2.24) is 4.98 Å². The van der Waals surface area contributed by atoms with Gasteiger partial charge in [0.1, 0.15) is 4.21 Å². The normalized spacial score (nSPS) is 13.4. The molecule has 0 atom stereocenters. The molecule has 1 amide bonds. The van der Waals surface area contributed by atoms with E-state index in [-0.39, 0.29) is 10.1 Å². The van der Waals surface area contributed by atoms with Crippen molar-refractivity contribution in [2.45, 2.75) is 10.6 Å². The number of rotatable bonds is 4. The summed E-state index contributed by atoms with van der Waals surface area (Å²) in [5.74, 6) is -0.160. The Morgan fingerprint density at radius 3 is 2.78 bits per heavy atom. The van der Waals surface area contributed by atoms with Gasteiger partial charge in [0, 0.05) is 24.6 Å². The van der Waals surface area contributed by atoms with Crippen molar-refractivity contribution in [3.8, 4) is 0 Å². The summed E-state index contributed by atoms with van der Waals surface area (Å²) in [6.45, 7) is 0.541. The number of fused-ring (bicyclic) bond motifs is 1. The minimum Gasteiger partial charge on any atom is -0.308 e. The number of amides is 1. The van der Waals surface area contributed by atoms with Gasteiger partial charge < -0.3 is 4.90 Å². The smallest absolute Gasteiger partial charge is 0.271 e. The molecule has 3 aromatic rings. The first kappa shape index (κ1) is 18.0. The Morgan fingerprint density at radius 2 is 2.07 bits per heavy atom. The molecule has 2 aromatic heterocycles. The summed E-state index contributed by atoms with van der Waals surface area (Å²) in [7, 11) is -3.73. The fourth-order valence-electron chi connectivity index (χ4n) is 2.95. The Bertz CT molecular complexity index is 1110. The van der Waals surface area contributed by atoms with Crippen LogP contribution in [0.25, 0.3) is 0 Å². The van der Waals surface area contributed by atoms with Crippen LogP contribution < -0.4 is 9.62 Å². The van der Waals surface area contributed by atoms with Crippen molar-refractivity contribution in [3.63, 3.8) is 0 Å². The van der Waals surface area contributed by atoms with E-state index in [1.165, 1.54) is 18.3 Å². The Kier molecular flexibility index (Phi) is 4.63. The van der Waals surface area contributed by atoms with Crippen molar-refractivity contribution in [1.29, 1.82) is 0 Å². The number of nitrogens with one attached hydrogen (secondary N) is 1. The standard InChI is InChI=1S/C18H14ClN3O3S2/c19-16-5-6-17(26-16)27(24,25)21-14-4-3-12-7-9-22(15(12)10-14)18(23)13-2-1-8-20-11-13/h1-6,8,10-11,21H,7,9H2. The van der Waals surface area contributed by atoms with E-state index in [1.807, 2.05) is 6.07 Å².